The average molecular weight is 327 g/mol. The number of nitrogens with one attached hydrogen (secondary N) is 1. The summed E-state index contributed by atoms with van der Waals surface area (Å²) in [5.41, 5.74) is 1.42. The van der Waals surface area contributed by atoms with Crippen LogP contribution in [0.1, 0.15) is 16.8 Å². The van der Waals surface area contributed by atoms with Crippen LogP contribution in [-0.2, 0) is 6.42 Å². The zero-order chi connectivity index (χ0) is 15.6. The van der Waals surface area contributed by atoms with Gasteiger partial charge in [0.25, 0.3) is 5.56 Å². The summed E-state index contributed by atoms with van der Waals surface area (Å²) in [5.74, 6) is 0.259. The smallest absolute Gasteiger partial charge is 0.255 e. The number of benzene rings is 1. The summed E-state index contributed by atoms with van der Waals surface area (Å²) in [6.07, 6.45) is 2.07. The molecule has 112 valence electrons. The maximum atomic E-state index is 12.1. The second-order valence-corrected chi connectivity index (χ2v) is 5.66. The molecule has 7 heteroatoms. The minimum Gasteiger partial charge on any atom is -0.504 e. The number of nitrogens with zero attached hydrogens (tertiary/aromatic N) is 1. The van der Waals surface area contributed by atoms with Gasteiger partial charge in [-0.05, 0) is 19.2 Å². The lowest BCUT2D eigenvalue weighted by Crippen LogP contribution is -2.17. The summed E-state index contributed by atoms with van der Waals surface area (Å²) in [6.45, 7) is 1.77. The normalized spacial score (nSPS) is 10.7. The highest BCUT2D eigenvalue weighted by Gasteiger charge is 2.15. The van der Waals surface area contributed by atoms with E-state index in [-0.39, 0.29) is 23.5 Å². The first-order chi connectivity index (χ1) is 9.96. The molecule has 0 saturated heterocycles. The van der Waals surface area contributed by atoms with Crippen molar-refractivity contribution in [1.82, 2.24) is 9.97 Å². The van der Waals surface area contributed by atoms with Crippen molar-refractivity contribution in [2.45, 2.75) is 18.5 Å². The number of aryl methyl sites for hydroxylation is 1. The Balaban J connectivity index is 2.48. The number of aromatic amines is 1. The SMILES string of the molecule is COc1cc(Cl)cc(Cc2c(C)nc(SC)[nH]c2=O)c1O. The summed E-state index contributed by atoms with van der Waals surface area (Å²) in [7, 11) is 1.45. The Labute approximate surface area is 131 Å². The Morgan fingerprint density at radius 3 is 2.76 bits per heavy atom. The molecule has 0 atom stereocenters. The molecule has 0 bridgehead atoms. The van der Waals surface area contributed by atoms with Crippen molar-refractivity contribution in [2.24, 2.45) is 0 Å². The first-order valence-corrected chi connectivity index (χ1v) is 7.75. The predicted octanol–water partition coefficient (Wildman–Crippen LogP) is 2.76. The molecule has 0 fully saturated rings. The lowest BCUT2D eigenvalue weighted by Gasteiger charge is -2.11. The number of halogens is 1. The van der Waals surface area contributed by atoms with Gasteiger partial charge in [0.15, 0.2) is 16.7 Å². The summed E-state index contributed by atoms with van der Waals surface area (Å²) in [4.78, 5) is 19.1. The first-order valence-electron chi connectivity index (χ1n) is 6.15. The fourth-order valence-corrected chi connectivity index (χ4v) is 2.65. The van der Waals surface area contributed by atoms with Crippen LogP contribution in [0.15, 0.2) is 22.1 Å². The summed E-state index contributed by atoms with van der Waals surface area (Å²) < 4.78 is 5.06. The Morgan fingerprint density at radius 2 is 2.19 bits per heavy atom. The van der Waals surface area contributed by atoms with Crippen molar-refractivity contribution in [3.63, 3.8) is 0 Å². The van der Waals surface area contributed by atoms with Crippen LogP contribution in [0.5, 0.6) is 11.5 Å². The minimum atomic E-state index is -0.217. The topological polar surface area (TPSA) is 75.2 Å². The van der Waals surface area contributed by atoms with Crippen molar-refractivity contribution in [1.29, 1.82) is 0 Å². The quantitative estimate of drug-likeness (QED) is 0.667. The minimum absolute atomic E-state index is 0.0188. The molecule has 5 nitrogen and oxygen atoms in total. The fraction of sp³-hybridized carbons (Fsp3) is 0.286. The molecule has 0 aliphatic heterocycles. The molecule has 0 saturated carbocycles. The lowest BCUT2D eigenvalue weighted by molar-refractivity contribution is 0.371. The number of phenolic OH excluding ortho intramolecular Hbond substituents is 1. The third-order valence-electron chi connectivity index (χ3n) is 3.10. The van der Waals surface area contributed by atoms with Crippen LogP contribution in [-0.4, -0.2) is 28.4 Å². The molecule has 0 aliphatic rings. The van der Waals surface area contributed by atoms with Crippen LogP contribution in [0.2, 0.25) is 5.02 Å². The molecule has 2 rings (SSSR count). The molecule has 2 N–H and O–H groups in total. The number of ether oxygens (including phenoxy) is 1. The molecule has 2 aromatic rings. The second kappa shape index (κ2) is 6.41. The number of aromatic nitrogens is 2. The molecule has 0 radical (unpaired) electrons. The van der Waals surface area contributed by atoms with E-state index in [1.165, 1.54) is 24.9 Å². The average Bonchev–Trinajstić information content (AvgIpc) is 2.45. The number of hydrogen-bond acceptors (Lipinski definition) is 5. The number of phenols is 1. The molecule has 0 amide bonds. The maximum Gasteiger partial charge on any atom is 0.255 e. The van der Waals surface area contributed by atoms with Gasteiger partial charge in [-0.15, -0.1) is 0 Å². The highest BCUT2D eigenvalue weighted by molar-refractivity contribution is 7.98. The van der Waals surface area contributed by atoms with E-state index in [0.717, 1.165) is 0 Å². The molecule has 1 aromatic heterocycles. The lowest BCUT2D eigenvalue weighted by atomic mass is 10.0. The summed E-state index contributed by atoms with van der Waals surface area (Å²) in [6, 6.07) is 3.13. The monoisotopic (exact) mass is 326 g/mol. The Bertz CT molecular complexity index is 731. The highest BCUT2D eigenvalue weighted by atomic mass is 35.5. The van der Waals surface area contributed by atoms with Gasteiger partial charge in [0.1, 0.15) is 0 Å². The van der Waals surface area contributed by atoms with Crippen LogP contribution in [0.25, 0.3) is 0 Å². The molecule has 21 heavy (non-hydrogen) atoms. The molecule has 0 spiro atoms. The zero-order valence-corrected chi connectivity index (χ0v) is 13.4. The van der Waals surface area contributed by atoms with Gasteiger partial charge < -0.3 is 14.8 Å². The van der Waals surface area contributed by atoms with E-state index in [4.69, 9.17) is 16.3 Å². The number of hydrogen-bond donors (Lipinski definition) is 2. The van der Waals surface area contributed by atoms with Gasteiger partial charge in [-0.2, -0.15) is 0 Å². The standard InChI is InChI=1S/C14H15ClN2O3S/c1-7-10(13(19)17-14(16-7)21-3)5-8-4-9(15)6-11(20-2)12(8)18/h4,6,18H,5H2,1-3H3,(H,16,17,19). The first kappa shape index (κ1) is 15.7. The van der Waals surface area contributed by atoms with Gasteiger partial charge in [-0.1, -0.05) is 23.4 Å². The van der Waals surface area contributed by atoms with Gasteiger partial charge in [0, 0.05) is 34.3 Å². The van der Waals surface area contributed by atoms with Gasteiger partial charge in [0.05, 0.1) is 7.11 Å². The van der Waals surface area contributed by atoms with Crippen LogP contribution in [0.3, 0.4) is 0 Å². The number of H-pyrrole nitrogens is 1. The molecular weight excluding hydrogens is 312 g/mol. The summed E-state index contributed by atoms with van der Waals surface area (Å²) >= 11 is 7.36. The third-order valence-corrected chi connectivity index (χ3v) is 3.90. The van der Waals surface area contributed by atoms with Crippen molar-refractivity contribution < 1.29 is 9.84 Å². The Kier molecular flexibility index (Phi) is 4.80. The molecular formula is C14H15ClN2O3S. The van der Waals surface area contributed by atoms with E-state index in [1.807, 2.05) is 6.26 Å². The number of thioether (sulfide) groups is 1. The summed E-state index contributed by atoms with van der Waals surface area (Å²) in [5, 5.41) is 11.1. The second-order valence-electron chi connectivity index (χ2n) is 4.43. The van der Waals surface area contributed by atoms with E-state index in [9.17, 15) is 9.90 Å². The zero-order valence-electron chi connectivity index (χ0n) is 11.9. The van der Waals surface area contributed by atoms with Crippen LogP contribution in [0.4, 0.5) is 0 Å². The van der Waals surface area contributed by atoms with Crippen molar-refractivity contribution in [3.05, 3.63) is 44.3 Å². The Morgan fingerprint density at radius 1 is 1.48 bits per heavy atom. The molecule has 1 aromatic carbocycles. The fourth-order valence-electron chi connectivity index (χ4n) is 2.00. The number of rotatable bonds is 4. The van der Waals surface area contributed by atoms with E-state index in [2.05, 4.69) is 9.97 Å². The predicted molar refractivity (Wildman–Crippen MR) is 83.9 cm³/mol. The number of aromatic hydroxyl groups is 1. The number of methoxy groups -OCH3 is 1. The van der Waals surface area contributed by atoms with E-state index >= 15 is 0 Å². The highest BCUT2D eigenvalue weighted by Crippen LogP contribution is 2.34. The van der Waals surface area contributed by atoms with Crippen molar-refractivity contribution >= 4 is 23.4 Å². The van der Waals surface area contributed by atoms with E-state index in [1.54, 1.807) is 13.0 Å². The van der Waals surface area contributed by atoms with Gasteiger partial charge >= 0.3 is 0 Å². The van der Waals surface area contributed by atoms with Crippen molar-refractivity contribution in [2.75, 3.05) is 13.4 Å². The largest absolute Gasteiger partial charge is 0.504 e. The maximum absolute atomic E-state index is 12.1. The Hall–Kier alpha value is -1.66. The van der Waals surface area contributed by atoms with Crippen LogP contribution in [0, 0.1) is 6.92 Å². The third kappa shape index (κ3) is 3.33. The molecule has 0 unspecified atom stereocenters. The molecule has 1 heterocycles. The van der Waals surface area contributed by atoms with E-state index < -0.39 is 0 Å². The van der Waals surface area contributed by atoms with Gasteiger partial charge in [0.2, 0.25) is 0 Å². The van der Waals surface area contributed by atoms with Crippen LogP contribution < -0.4 is 10.3 Å². The van der Waals surface area contributed by atoms with Crippen molar-refractivity contribution in [3.8, 4) is 11.5 Å². The van der Waals surface area contributed by atoms with Crippen LogP contribution >= 0.6 is 23.4 Å². The van der Waals surface area contributed by atoms with Gasteiger partial charge in [-0.3, -0.25) is 4.79 Å². The molecule has 0 aliphatic carbocycles. The van der Waals surface area contributed by atoms with Gasteiger partial charge in [-0.25, -0.2) is 4.98 Å². The van der Waals surface area contributed by atoms with E-state index in [0.29, 0.717) is 27.0 Å².